The molecule has 1 aromatic carbocycles. The molecule has 2 aromatic heterocycles. The molecule has 0 aliphatic carbocycles. The number of aryl methyl sites for hydroxylation is 1. The van der Waals surface area contributed by atoms with E-state index in [1.807, 2.05) is 12.1 Å². The quantitative estimate of drug-likeness (QED) is 0.746. The van der Waals surface area contributed by atoms with Crippen molar-refractivity contribution in [2.45, 2.75) is 0 Å². The number of hydrogen-bond donors (Lipinski definition) is 1. The highest BCUT2D eigenvalue weighted by molar-refractivity contribution is 5.93. The Morgan fingerprint density at radius 1 is 1.19 bits per heavy atom. The zero-order valence-corrected chi connectivity index (χ0v) is 15.1. The molecule has 1 aliphatic heterocycles. The maximum absolute atomic E-state index is 12.4. The van der Waals surface area contributed by atoms with Crippen LogP contribution >= 0.6 is 0 Å². The van der Waals surface area contributed by atoms with Gasteiger partial charge in [-0.05, 0) is 30.8 Å². The molecule has 3 aromatic rings. The number of fused-ring (bicyclic) bond motifs is 1. The van der Waals surface area contributed by atoms with Gasteiger partial charge in [-0.2, -0.15) is 5.10 Å². The van der Waals surface area contributed by atoms with Crippen molar-refractivity contribution in [1.82, 2.24) is 29.8 Å². The van der Waals surface area contributed by atoms with Crippen molar-refractivity contribution in [3.8, 4) is 11.1 Å². The summed E-state index contributed by atoms with van der Waals surface area (Å²) in [5.41, 5.74) is 2.17. The molecule has 8 nitrogen and oxygen atoms in total. The number of amides is 1. The topological polar surface area (TPSA) is 79.2 Å². The number of anilines is 1. The van der Waals surface area contributed by atoms with E-state index >= 15 is 0 Å². The summed E-state index contributed by atoms with van der Waals surface area (Å²) >= 11 is 0. The standard InChI is InChI=1S/C19H23N7O/c1-24-5-7-26(8-6-24)13-19(27)21-18-10-15-9-14(3-4-17(15)22-23-18)16-11-20-25(2)12-16/h3-4,9-12H,5-8,13H2,1-2H3,(H,21,23,27)/i2D3. The summed E-state index contributed by atoms with van der Waals surface area (Å²) in [7, 11) is 2.07. The van der Waals surface area contributed by atoms with Gasteiger partial charge in [-0.1, -0.05) is 6.07 Å². The Hall–Kier alpha value is -2.84. The second-order valence-corrected chi connectivity index (χ2v) is 6.80. The van der Waals surface area contributed by atoms with E-state index in [-0.39, 0.29) is 5.91 Å². The van der Waals surface area contributed by atoms with Crippen LogP contribution in [0.15, 0.2) is 36.7 Å². The number of nitrogens with zero attached hydrogens (tertiary/aromatic N) is 6. The molecule has 8 heteroatoms. The van der Waals surface area contributed by atoms with Crippen molar-refractivity contribution in [2.24, 2.45) is 6.98 Å². The number of likely N-dealkylation sites (N-methyl/N-ethyl adjacent to an activating group) is 1. The number of carbonyl (C=O) groups is 1. The first-order chi connectivity index (χ1) is 14.3. The van der Waals surface area contributed by atoms with E-state index in [0.717, 1.165) is 41.8 Å². The molecule has 1 aliphatic rings. The van der Waals surface area contributed by atoms with Crippen molar-refractivity contribution in [2.75, 3.05) is 45.1 Å². The van der Waals surface area contributed by atoms with Gasteiger partial charge in [0.2, 0.25) is 5.91 Å². The number of benzene rings is 1. The second-order valence-electron chi connectivity index (χ2n) is 6.80. The summed E-state index contributed by atoms with van der Waals surface area (Å²) in [6, 6.07) is 7.28. The van der Waals surface area contributed by atoms with Gasteiger partial charge in [-0.25, -0.2) is 0 Å². The van der Waals surface area contributed by atoms with E-state index in [4.69, 9.17) is 4.11 Å². The first-order valence-corrected chi connectivity index (χ1v) is 8.82. The Bertz CT molecular complexity index is 1060. The third-order valence-corrected chi connectivity index (χ3v) is 4.73. The summed E-state index contributed by atoms with van der Waals surface area (Å²) < 4.78 is 23.3. The molecule has 1 amide bonds. The van der Waals surface area contributed by atoms with Crippen molar-refractivity contribution in [3.05, 3.63) is 36.7 Å². The molecule has 1 saturated heterocycles. The first-order valence-electron chi connectivity index (χ1n) is 10.3. The molecule has 4 rings (SSSR count). The highest BCUT2D eigenvalue weighted by Gasteiger charge is 2.17. The van der Waals surface area contributed by atoms with Crippen LogP contribution in [0, 0.1) is 0 Å². The molecule has 140 valence electrons. The fourth-order valence-electron chi connectivity index (χ4n) is 3.15. The second kappa shape index (κ2) is 7.42. The minimum Gasteiger partial charge on any atom is -0.308 e. The number of carbonyl (C=O) groups excluding carboxylic acids is 1. The van der Waals surface area contributed by atoms with Gasteiger partial charge in [-0.3, -0.25) is 14.4 Å². The van der Waals surface area contributed by atoms with Gasteiger partial charge in [0.25, 0.3) is 0 Å². The predicted molar refractivity (Wildman–Crippen MR) is 104 cm³/mol. The van der Waals surface area contributed by atoms with Crippen LogP contribution < -0.4 is 5.32 Å². The summed E-state index contributed by atoms with van der Waals surface area (Å²) in [4.78, 5) is 16.7. The molecule has 0 radical (unpaired) electrons. The van der Waals surface area contributed by atoms with Crippen molar-refractivity contribution in [3.63, 3.8) is 0 Å². The van der Waals surface area contributed by atoms with Crippen molar-refractivity contribution >= 4 is 22.6 Å². The lowest BCUT2D eigenvalue weighted by atomic mass is 10.1. The average Bonchev–Trinajstić information content (AvgIpc) is 3.20. The van der Waals surface area contributed by atoms with E-state index in [0.29, 0.717) is 23.4 Å². The van der Waals surface area contributed by atoms with E-state index in [9.17, 15) is 4.79 Å². The highest BCUT2D eigenvalue weighted by atomic mass is 16.2. The van der Waals surface area contributed by atoms with Crippen LogP contribution in [0.2, 0.25) is 0 Å². The fourth-order valence-corrected chi connectivity index (χ4v) is 3.15. The monoisotopic (exact) mass is 368 g/mol. The lowest BCUT2D eigenvalue weighted by Gasteiger charge is -2.31. The summed E-state index contributed by atoms with van der Waals surface area (Å²) in [5.74, 6) is 0.264. The first kappa shape index (κ1) is 14.2. The summed E-state index contributed by atoms with van der Waals surface area (Å²) in [5, 5.41) is 15.8. The molecule has 0 unspecified atom stereocenters. The number of piperazine rings is 1. The SMILES string of the molecule is [2H]C([2H])([2H])n1cc(-c2ccc3nnc(NC(=O)CN4CCN(C)CC4)cc3c2)cn1. The van der Waals surface area contributed by atoms with Crippen LogP contribution in [0.4, 0.5) is 5.82 Å². The van der Waals surface area contributed by atoms with Gasteiger partial charge < -0.3 is 10.2 Å². The number of hydrogen-bond acceptors (Lipinski definition) is 6. The van der Waals surface area contributed by atoms with E-state index in [2.05, 4.69) is 37.5 Å². The highest BCUT2D eigenvalue weighted by Crippen LogP contribution is 2.24. The minimum atomic E-state index is -2.32. The summed E-state index contributed by atoms with van der Waals surface area (Å²) in [6.07, 6.45) is 3.00. The van der Waals surface area contributed by atoms with Gasteiger partial charge in [0.05, 0.1) is 18.3 Å². The molecule has 27 heavy (non-hydrogen) atoms. The Labute approximate surface area is 162 Å². The predicted octanol–water partition coefficient (Wildman–Crippen LogP) is 1.22. The van der Waals surface area contributed by atoms with Gasteiger partial charge in [0.15, 0.2) is 5.82 Å². The smallest absolute Gasteiger partial charge is 0.239 e. The molecule has 0 bridgehead atoms. The van der Waals surface area contributed by atoms with Crippen LogP contribution in [-0.2, 0) is 11.8 Å². The van der Waals surface area contributed by atoms with Crippen LogP contribution in [-0.4, -0.2) is 75.5 Å². The molecular weight excluding hydrogens is 342 g/mol. The number of rotatable bonds is 4. The number of aromatic nitrogens is 4. The van der Waals surface area contributed by atoms with Gasteiger partial charge in [0, 0.05) is 54.4 Å². The van der Waals surface area contributed by atoms with Gasteiger partial charge >= 0.3 is 0 Å². The fraction of sp³-hybridized carbons (Fsp3) is 0.368. The van der Waals surface area contributed by atoms with Crippen LogP contribution in [0.25, 0.3) is 22.0 Å². The average molecular weight is 368 g/mol. The molecular formula is C19H23N7O. The Balaban J connectivity index is 1.49. The third kappa shape index (κ3) is 4.12. The van der Waals surface area contributed by atoms with E-state index in [1.54, 1.807) is 12.1 Å². The van der Waals surface area contributed by atoms with Gasteiger partial charge in [0.1, 0.15) is 0 Å². The Kier molecular flexibility index (Phi) is 3.91. The lowest BCUT2D eigenvalue weighted by Crippen LogP contribution is -2.47. The maximum atomic E-state index is 12.4. The lowest BCUT2D eigenvalue weighted by molar-refractivity contribution is -0.117. The number of nitrogens with one attached hydrogen (secondary N) is 1. The zero-order chi connectivity index (χ0) is 21.3. The largest absolute Gasteiger partial charge is 0.308 e. The van der Waals surface area contributed by atoms with E-state index in [1.165, 1.54) is 12.4 Å². The summed E-state index contributed by atoms with van der Waals surface area (Å²) in [6.45, 7) is 1.62. The van der Waals surface area contributed by atoms with Crippen LogP contribution in [0.1, 0.15) is 4.11 Å². The molecule has 1 fully saturated rings. The Morgan fingerprint density at radius 3 is 2.81 bits per heavy atom. The minimum absolute atomic E-state index is 0.122. The molecule has 1 N–H and O–H groups in total. The molecule has 0 saturated carbocycles. The van der Waals surface area contributed by atoms with E-state index < -0.39 is 6.98 Å². The van der Waals surface area contributed by atoms with Crippen molar-refractivity contribution in [1.29, 1.82) is 0 Å². The van der Waals surface area contributed by atoms with Crippen LogP contribution in [0.3, 0.4) is 0 Å². The van der Waals surface area contributed by atoms with Crippen LogP contribution in [0.5, 0.6) is 0 Å². The zero-order valence-electron chi connectivity index (χ0n) is 18.1. The molecule has 0 spiro atoms. The molecule has 0 atom stereocenters. The third-order valence-electron chi connectivity index (χ3n) is 4.73. The van der Waals surface area contributed by atoms with Gasteiger partial charge in [-0.15, -0.1) is 10.2 Å². The Morgan fingerprint density at radius 2 is 2.04 bits per heavy atom. The molecule has 3 heterocycles. The maximum Gasteiger partial charge on any atom is 0.239 e. The normalized spacial score (nSPS) is 18.0. The van der Waals surface area contributed by atoms with Crippen molar-refractivity contribution < 1.29 is 8.91 Å².